The minimum Gasteiger partial charge on any atom is -0.368 e. The summed E-state index contributed by atoms with van der Waals surface area (Å²) in [6, 6.07) is 1.83. The highest BCUT2D eigenvalue weighted by molar-refractivity contribution is 7.12. The molecule has 0 bridgehead atoms. The molecular weight excluding hydrogens is 204 g/mol. The van der Waals surface area contributed by atoms with Crippen LogP contribution < -0.4 is 11.2 Å². The molecule has 0 aliphatic carbocycles. The second kappa shape index (κ2) is 4.73. The number of primary amides is 1. The van der Waals surface area contributed by atoms with Gasteiger partial charge in [0.05, 0.1) is 4.88 Å². The van der Waals surface area contributed by atoms with Gasteiger partial charge in [-0.25, -0.2) is 5.48 Å². The number of carbonyl (C=O) groups excluding carboxylic acids is 2. The number of nitrogens with one attached hydrogen (secondary N) is 1. The van der Waals surface area contributed by atoms with Gasteiger partial charge in [-0.3, -0.25) is 14.4 Å². The fourth-order valence-electron chi connectivity index (χ4n) is 0.824. The van der Waals surface area contributed by atoms with Crippen LogP contribution in [0.2, 0.25) is 0 Å². The number of hydrogen-bond donors (Lipinski definition) is 2. The van der Waals surface area contributed by atoms with Gasteiger partial charge < -0.3 is 5.73 Å². The molecule has 0 radical (unpaired) electrons. The van der Waals surface area contributed by atoms with E-state index in [0.717, 1.165) is 5.56 Å². The van der Waals surface area contributed by atoms with Crippen molar-refractivity contribution in [2.75, 3.05) is 6.61 Å². The number of hydroxylamine groups is 1. The monoisotopic (exact) mass is 214 g/mol. The van der Waals surface area contributed by atoms with Gasteiger partial charge in [0.15, 0.2) is 6.61 Å². The van der Waals surface area contributed by atoms with E-state index in [0.29, 0.717) is 4.88 Å². The zero-order valence-electron chi connectivity index (χ0n) is 7.57. The molecule has 0 aliphatic rings. The summed E-state index contributed by atoms with van der Waals surface area (Å²) in [5.74, 6) is -0.994. The zero-order chi connectivity index (χ0) is 10.6. The summed E-state index contributed by atoms with van der Waals surface area (Å²) < 4.78 is 0. The van der Waals surface area contributed by atoms with Gasteiger partial charge in [0.25, 0.3) is 5.91 Å². The zero-order valence-corrected chi connectivity index (χ0v) is 8.39. The second-order valence-electron chi connectivity index (χ2n) is 2.62. The summed E-state index contributed by atoms with van der Waals surface area (Å²) in [4.78, 5) is 26.7. The average molecular weight is 214 g/mol. The number of carbonyl (C=O) groups is 2. The van der Waals surface area contributed by atoms with Crippen molar-refractivity contribution in [1.82, 2.24) is 5.48 Å². The highest BCUT2D eigenvalue weighted by atomic mass is 32.1. The molecule has 1 aromatic rings. The van der Waals surface area contributed by atoms with Gasteiger partial charge in [-0.15, -0.1) is 11.3 Å². The Balaban J connectivity index is 2.44. The van der Waals surface area contributed by atoms with Gasteiger partial charge in [0.1, 0.15) is 0 Å². The summed E-state index contributed by atoms with van der Waals surface area (Å²) in [5, 5.41) is 1.80. The quantitative estimate of drug-likeness (QED) is 0.702. The van der Waals surface area contributed by atoms with E-state index in [1.54, 1.807) is 5.38 Å². The second-order valence-corrected chi connectivity index (χ2v) is 3.54. The largest absolute Gasteiger partial charge is 0.368 e. The van der Waals surface area contributed by atoms with E-state index < -0.39 is 5.91 Å². The summed E-state index contributed by atoms with van der Waals surface area (Å²) in [5.41, 5.74) is 7.81. The van der Waals surface area contributed by atoms with Gasteiger partial charge in [-0.1, -0.05) is 0 Å². The number of hydrogen-bond acceptors (Lipinski definition) is 4. The minimum absolute atomic E-state index is 0.323. The summed E-state index contributed by atoms with van der Waals surface area (Å²) >= 11 is 1.31. The molecular formula is C8H10N2O3S. The highest BCUT2D eigenvalue weighted by Crippen LogP contribution is 2.14. The van der Waals surface area contributed by atoms with Crippen molar-refractivity contribution in [1.29, 1.82) is 0 Å². The van der Waals surface area contributed by atoms with Crippen molar-refractivity contribution in [2.45, 2.75) is 6.92 Å². The van der Waals surface area contributed by atoms with Gasteiger partial charge in [-0.05, 0) is 23.9 Å². The Morgan fingerprint density at radius 1 is 1.64 bits per heavy atom. The first-order chi connectivity index (χ1) is 6.61. The fourth-order valence-corrected chi connectivity index (χ4v) is 1.64. The molecule has 0 atom stereocenters. The molecule has 0 spiro atoms. The summed E-state index contributed by atoms with van der Waals surface area (Å²) in [6.07, 6.45) is 0. The molecule has 1 rings (SSSR count). The first-order valence-electron chi connectivity index (χ1n) is 3.86. The molecule has 2 amide bonds. The predicted molar refractivity (Wildman–Crippen MR) is 51.7 cm³/mol. The van der Waals surface area contributed by atoms with E-state index in [-0.39, 0.29) is 12.5 Å². The first-order valence-corrected chi connectivity index (χ1v) is 4.73. The van der Waals surface area contributed by atoms with Crippen molar-refractivity contribution < 1.29 is 14.4 Å². The Labute approximate surface area is 84.8 Å². The Kier molecular flexibility index (Phi) is 3.61. The fraction of sp³-hybridized carbons (Fsp3) is 0.250. The van der Waals surface area contributed by atoms with Gasteiger partial charge in [-0.2, -0.15) is 0 Å². The molecule has 0 saturated heterocycles. The lowest BCUT2D eigenvalue weighted by atomic mass is 10.3. The predicted octanol–water partition coefficient (Wildman–Crippen LogP) is 0.203. The molecule has 0 aliphatic heterocycles. The van der Waals surface area contributed by atoms with E-state index in [4.69, 9.17) is 5.73 Å². The molecule has 1 aromatic heterocycles. The van der Waals surface area contributed by atoms with Crippen LogP contribution >= 0.6 is 11.3 Å². The molecule has 0 unspecified atom stereocenters. The maximum atomic E-state index is 11.3. The Morgan fingerprint density at radius 3 is 2.86 bits per heavy atom. The van der Waals surface area contributed by atoms with E-state index in [1.165, 1.54) is 11.3 Å². The maximum Gasteiger partial charge on any atom is 0.285 e. The lowest BCUT2D eigenvalue weighted by Gasteiger charge is -2.02. The van der Waals surface area contributed by atoms with Crippen LogP contribution in [0.4, 0.5) is 0 Å². The van der Waals surface area contributed by atoms with Crippen molar-refractivity contribution in [2.24, 2.45) is 5.73 Å². The SMILES string of the molecule is Cc1ccsc1C(=O)NOCC(N)=O. The number of rotatable bonds is 4. The topological polar surface area (TPSA) is 81.4 Å². The van der Waals surface area contributed by atoms with Crippen LogP contribution in [0.1, 0.15) is 15.2 Å². The van der Waals surface area contributed by atoms with E-state index in [2.05, 4.69) is 10.3 Å². The third-order valence-corrected chi connectivity index (χ3v) is 2.46. The lowest BCUT2D eigenvalue weighted by Crippen LogP contribution is -2.29. The highest BCUT2D eigenvalue weighted by Gasteiger charge is 2.10. The number of amides is 2. The van der Waals surface area contributed by atoms with Crippen LogP contribution in [-0.2, 0) is 9.63 Å². The van der Waals surface area contributed by atoms with Crippen molar-refractivity contribution in [3.63, 3.8) is 0 Å². The molecule has 76 valence electrons. The molecule has 3 N–H and O–H groups in total. The normalized spacial score (nSPS) is 9.79. The van der Waals surface area contributed by atoms with Crippen LogP contribution in [0.15, 0.2) is 11.4 Å². The first kappa shape index (κ1) is 10.7. The molecule has 0 saturated carbocycles. The standard InChI is InChI=1S/C8H10N2O3S/c1-5-2-3-14-7(5)8(12)10-13-4-6(9)11/h2-3H,4H2,1H3,(H2,9,11)(H,10,12). The molecule has 14 heavy (non-hydrogen) atoms. The van der Waals surface area contributed by atoms with E-state index in [1.807, 2.05) is 13.0 Å². The van der Waals surface area contributed by atoms with Gasteiger partial charge in [0.2, 0.25) is 5.91 Å². The molecule has 6 heteroatoms. The third-order valence-electron chi connectivity index (χ3n) is 1.45. The molecule has 0 aromatic carbocycles. The van der Waals surface area contributed by atoms with Crippen LogP contribution in [0, 0.1) is 6.92 Å². The van der Waals surface area contributed by atoms with E-state index in [9.17, 15) is 9.59 Å². The van der Waals surface area contributed by atoms with E-state index >= 15 is 0 Å². The number of nitrogens with two attached hydrogens (primary N) is 1. The Hall–Kier alpha value is -1.40. The summed E-state index contributed by atoms with van der Waals surface area (Å²) in [7, 11) is 0. The lowest BCUT2D eigenvalue weighted by molar-refractivity contribution is -0.124. The smallest absolute Gasteiger partial charge is 0.285 e. The van der Waals surface area contributed by atoms with Crippen LogP contribution in [-0.4, -0.2) is 18.4 Å². The molecule has 0 fully saturated rings. The third kappa shape index (κ3) is 2.82. The average Bonchev–Trinajstić information content (AvgIpc) is 2.50. The maximum absolute atomic E-state index is 11.3. The van der Waals surface area contributed by atoms with Crippen molar-refractivity contribution in [3.8, 4) is 0 Å². The number of thiophene rings is 1. The van der Waals surface area contributed by atoms with Crippen LogP contribution in [0.3, 0.4) is 0 Å². The minimum atomic E-state index is -0.631. The van der Waals surface area contributed by atoms with Crippen LogP contribution in [0.5, 0.6) is 0 Å². The van der Waals surface area contributed by atoms with Crippen molar-refractivity contribution >= 4 is 23.2 Å². The molecule has 5 nitrogen and oxygen atoms in total. The number of aryl methyl sites for hydroxylation is 1. The Bertz CT molecular complexity index is 348. The van der Waals surface area contributed by atoms with Gasteiger partial charge >= 0.3 is 0 Å². The molecule has 1 heterocycles. The van der Waals surface area contributed by atoms with Crippen LogP contribution in [0.25, 0.3) is 0 Å². The Morgan fingerprint density at radius 2 is 2.36 bits per heavy atom. The summed E-state index contributed by atoms with van der Waals surface area (Å²) in [6.45, 7) is 1.50. The van der Waals surface area contributed by atoms with Crippen molar-refractivity contribution in [3.05, 3.63) is 21.9 Å². The van der Waals surface area contributed by atoms with Gasteiger partial charge in [0, 0.05) is 0 Å².